The molecule has 2 saturated heterocycles. The van der Waals surface area contributed by atoms with Gasteiger partial charge in [-0.3, -0.25) is 9.80 Å². The van der Waals surface area contributed by atoms with Crippen molar-refractivity contribution >= 4 is 12.2 Å². The predicted molar refractivity (Wildman–Crippen MR) is 104 cm³/mol. The van der Waals surface area contributed by atoms with E-state index in [0.717, 1.165) is 0 Å². The summed E-state index contributed by atoms with van der Waals surface area (Å²) in [4.78, 5) is 28.4. The maximum Gasteiger partial charge on any atom is 0.412 e. The van der Waals surface area contributed by atoms with Crippen molar-refractivity contribution in [3.63, 3.8) is 0 Å². The van der Waals surface area contributed by atoms with Crippen molar-refractivity contribution in [2.24, 2.45) is 0 Å². The molecule has 0 aromatic heterocycles. The van der Waals surface area contributed by atoms with Crippen LogP contribution in [0.2, 0.25) is 0 Å². The quantitative estimate of drug-likeness (QED) is 0.716. The molecule has 0 N–H and O–H groups in total. The van der Waals surface area contributed by atoms with E-state index in [9.17, 15) is 9.59 Å². The van der Waals surface area contributed by atoms with Crippen molar-refractivity contribution in [2.75, 3.05) is 19.8 Å². The monoisotopic (exact) mass is 400 g/mol. The first-order valence-corrected chi connectivity index (χ1v) is 9.86. The van der Waals surface area contributed by atoms with Crippen LogP contribution in [0.4, 0.5) is 9.59 Å². The lowest BCUT2D eigenvalue weighted by atomic mass is 10.0. The van der Waals surface area contributed by atoms with Gasteiger partial charge in [0.1, 0.15) is 17.6 Å². The average Bonchev–Trinajstić information content (AvgIpc) is 2.86. The molecule has 0 aliphatic carbocycles. The Labute approximate surface area is 168 Å². The fourth-order valence-corrected chi connectivity index (χ4v) is 4.02. The zero-order chi connectivity index (χ0) is 21.5. The highest BCUT2D eigenvalue weighted by Gasteiger charge is 2.51. The van der Waals surface area contributed by atoms with Crippen LogP contribution in [-0.2, 0) is 18.9 Å². The van der Waals surface area contributed by atoms with Crippen molar-refractivity contribution in [3.05, 3.63) is 0 Å². The summed E-state index contributed by atoms with van der Waals surface area (Å²) in [6.45, 7) is 18.0. The van der Waals surface area contributed by atoms with E-state index in [1.165, 1.54) is 0 Å². The molecular formula is C20H36N2O6. The Morgan fingerprint density at radius 2 is 1.29 bits per heavy atom. The number of amides is 2. The number of nitrogens with zero attached hydrogens (tertiary/aromatic N) is 2. The number of ether oxygens (including phenoxy) is 4. The van der Waals surface area contributed by atoms with Crippen LogP contribution in [0.1, 0.15) is 68.7 Å². The van der Waals surface area contributed by atoms with E-state index in [1.54, 1.807) is 16.7 Å². The molecule has 8 nitrogen and oxygen atoms in total. The van der Waals surface area contributed by atoms with Crippen LogP contribution >= 0.6 is 0 Å². The molecule has 2 aliphatic rings. The normalized spacial score (nSPS) is 25.5. The van der Waals surface area contributed by atoms with Crippen LogP contribution in [0.25, 0.3) is 0 Å². The maximum absolute atomic E-state index is 12.7. The van der Waals surface area contributed by atoms with Crippen LogP contribution in [0.5, 0.6) is 0 Å². The standard InChI is InChI=1S/C20H36N2O6/c1-14(28-16(24)22-18(4,5)13-27-20(22,8)9)10-11-25-15(23)21-17(2,3)12-26-19(21,6)7/h14H,10-13H2,1-9H3/t14-/m1/s1. The number of carbonyl (C=O) groups is 2. The fourth-order valence-electron chi connectivity index (χ4n) is 4.02. The molecule has 0 aromatic rings. The summed E-state index contributed by atoms with van der Waals surface area (Å²) in [6.07, 6.45) is -0.853. The first kappa shape index (κ1) is 22.7. The van der Waals surface area contributed by atoms with E-state index in [1.807, 2.05) is 55.4 Å². The van der Waals surface area contributed by atoms with Crippen molar-refractivity contribution in [1.29, 1.82) is 0 Å². The van der Waals surface area contributed by atoms with Crippen molar-refractivity contribution in [2.45, 2.75) is 97.4 Å². The maximum atomic E-state index is 12.7. The molecule has 0 radical (unpaired) electrons. The second-order valence-corrected chi connectivity index (χ2v) is 9.86. The summed E-state index contributed by atoms with van der Waals surface area (Å²) in [6, 6.07) is 0. The number of hydrogen-bond donors (Lipinski definition) is 0. The van der Waals surface area contributed by atoms with Gasteiger partial charge in [-0.25, -0.2) is 9.59 Å². The van der Waals surface area contributed by atoms with E-state index in [2.05, 4.69) is 0 Å². The highest BCUT2D eigenvalue weighted by molar-refractivity contribution is 5.70. The minimum absolute atomic E-state index is 0.152. The van der Waals surface area contributed by atoms with Gasteiger partial charge < -0.3 is 18.9 Å². The van der Waals surface area contributed by atoms with Gasteiger partial charge >= 0.3 is 12.2 Å². The smallest absolute Gasteiger partial charge is 0.412 e. The molecule has 0 aromatic carbocycles. The highest BCUT2D eigenvalue weighted by Crippen LogP contribution is 2.36. The second-order valence-electron chi connectivity index (χ2n) is 9.86. The van der Waals surface area contributed by atoms with Crippen LogP contribution in [0.15, 0.2) is 0 Å². The Balaban J connectivity index is 1.85. The number of rotatable bonds is 4. The van der Waals surface area contributed by atoms with Gasteiger partial charge in [0.2, 0.25) is 0 Å². The first-order chi connectivity index (χ1) is 12.6. The van der Waals surface area contributed by atoms with Crippen molar-refractivity contribution in [1.82, 2.24) is 9.80 Å². The van der Waals surface area contributed by atoms with E-state index < -0.39 is 40.8 Å². The van der Waals surface area contributed by atoms with Crippen molar-refractivity contribution in [3.8, 4) is 0 Å². The zero-order valence-corrected chi connectivity index (χ0v) is 18.7. The first-order valence-electron chi connectivity index (χ1n) is 9.86. The summed E-state index contributed by atoms with van der Waals surface area (Å²) in [5.74, 6) is 0. The summed E-state index contributed by atoms with van der Waals surface area (Å²) >= 11 is 0. The Kier molecular flexibility index (Phi) is 5.99. The van der Waals surface area contributed by atoms with Gasteiger partial charge in [0.25, 0.3) is 0 Å². The molecule has 0 spiro atoms. The summed E-state index contributed by atoms with van der Waals surface area (Å²) < 4.78 is 22.4. The molecule has 1 atom stereocenters. The average molecular weight is 401 g/mol. The van der Waals surface area contributed by atoms with Gasteiger partial charge in [-0.2, -0.15) is 0 Å². The largest absolute Gasteiger partial charge is 0.449 e. The lowest BCUT2D eigenvalue weighted by Gasteiger charge is -2.37. The molecule has 2 fully saturated rings. The van der Waals surface area contributed by atoms with Gasteiger partial charge in [-0.05, 0) is 62.3 Å². The third-order valence-corrected chi connectivity index (χ3v) is 5.26. The Hall–Kier alpha value is -1.54. The van der Waals surface area contributed by atoms with Crippen LogP contribution in [0.3, 0.4) is 0 Å². The highest BCUT2D eigenvalue weighted by atomic mass is 16.6. The summed E-state index contributed by atoms with van der Waals surface area (Å²) in [5.41, 5.74) is -2.32. The second kappa shape index (κ2) is 7.37. The lowest BCUT2D eigenvalue weighted by molar-refractivity contribution is -0.0604. The van der Waals surface area contributed by atoms with Crippen LogP contribution < -0.4 is 0 Å². The van der Waals surface area contributed by atoms with Crippen LogP contribution in [-0.4, -0.2) is 70.4 Å². The summed E-state index contributed by atoms with van der Waals surface area (Å²) in [7, 11) is 0. The van der Waals surface area contributed by atoms with E-state index >= 15 is 0 Å². The molecule has 2 heterocycles. The number of carbonyl (C=O) groups excluding carboxylic acids is 2. The van der Waals surface area contributed by atoms with Gasteiger partial charge in [0.05, 0.1) is 30.9 Å². The van der Waals surface area contributed by atoms with Crippen LogP contribution in [0, 0.1) is 0 Å². The fraction of sp³-hybridized carbons (Fsp3) is 0.900. The van der Waals surface area contributed by atoms with Gasteiger partial charge in [-0.1, -0.05) is 0 Å². The zero-order valence-electron chi connectivity index (χ0n) is 18.7. The topological polar surface area (TPSA) is 77.5 Å². The lowest BCUT2D eigenvalue weighted by Crippen LogP contribution is -2.53. The third-order valence-electron chi connectivity index (χ3n) is 5.26. The number of hydrogen-bond acceptors (Lipinski definition) is 6. The Morgan fingerprint density at radius 3 is 1.68 bits per heavy atom. The van der Waals surface area contributed by atoms with Gasteiger partial charge in [0, 0.05) is 6.42 Å². The molecular weight excluding hydrogens is 364 g/mol. The molecule has 8 heteroatoms. The molecule has 0 unspecified atom stereocenters. The minimum Gasteiger partial charge on any atom is -0.449 e. The molecule has 0 saturated carbocycles. The third kappa shape index (κ3) is 4.54. The molecule has 0 bridgehead atoms. The van der Waals surface area contributed by atoms with E-state index in [0.29, 0.717) is 19.6 Å². The van der Waals surface area contributed by atoms with Gasteiger partial charge in [-0.15, -0.1) is 0 Å². The predicted octanol–water partition coefficient (Wildman–Crippen LogP) is 3.73. The molecule has 28 heavy (non-hydrogen) atoms. The van der Waals surface area contributed by atoms with E-state index in [-0.39, 0.29) is 6.61 Å². The Bertz CT molecular complexity index is 582. The minimum atomic E-state index is -0.723. The van der Waals surface area contributed by atoms with E-state index in [4.69, 9.17) is 18.9 Å². The molecule has 162 valence electrons. The summed E-state index contributed by atoms with van der Waals surface area (Å²) in [5, 5.41) is 0. The molecule has 2 aliphatic heterocycles. The molecule has 2 amide bonds. The molecule has 2 rings (SSSR count). The Morgan fingerprint density at radius 1 is 0.857 bits per heavy atom. The van der Waals surface area contributed by atoms with Gasteiger partial charge in [0.15, 0.2) is 0 Å². The SMILES string of the molecule is C[C@H](CCOC(=O)N1C(C)(C)COC1(C)C)OC(=O)N1C(C)(C)COC1(C)C. The van der Waals surface area contributed by atoms with Crippen molar-refractivity contribution < 1.29 is 28.5 Å².